The Bertz CT molecular complexity index is 1400. The fraction of sp³-hybridized carbons (Fsp3) is 0.161. The summed E-state index contributed by atoms with van der Waals surface area (Å²) in [6.07, 6.45) is -8.99. The Morgan fingerprint density at radius 1 is 0.786 bits per heavy atom. The highest BCUT2D eigenvalue weighted by Crippen LogP contribution is 2.36. The van der Waals surface area contributed by atoms with E-state index >= 15 is 0 Å². The number of benzene rings is 4. The van der Waals surface area contributed by atoms with E-state index in [2.05, 4.69) is 6.07 Å². The summed E-state index contributed by atoms with van der Waals surface area (Å²) in [6.45, 7) is 0.688. The summed E-state index contributed by atoms with van der Waals surface area (Å²) < 4.78 is 78.2. The molecule has 0 radical (unpaired) electrons. The second-order valence-corrected chi connectivity index (χ2v) is 8.60. The maximum atomic E-state index is 12.2. The Kier molecular flexibility index (Phi) is 12.3. The molecule has 0 unspecified atom stereocenters. The number of ether oxygens (including phenoxy) is 1. The number of methoxy groups -OCH3 is 1. The van der Waals surface area contributed by atoms with Crippen LogP contribution in [-0.2, 0) is 18.8 Å². The van der Waals surface area contributed by atoms with Gasteiger partial charge in [-0.3, -0.25) is 4.79 Å². The summed E-state index contributed by atoms with van der Waals surface area (Å²) in [4.78, 5) is 20.9. The zero-order valence-corrected chi connectivity index (χ0v) is 22.2. The van der Waals surface area contributed by atoms with Crippen LogP contribution in [0.4, 0.5) is 26.3 Å². The first-order valence-corrected chi connectivity index (χ1v) is 12.2. The molecular formula is C31H27F6NO4. The van der Waals surface area contributed by atoms with Crippen LogP contribution in [0.5, 0.6) is 5.75 Å². The highest BCUT2D eigenvalue weighted by atomic mass is 19.4. The third-order valence-electron chi connectivity index (χ3n) is 5.55. The Labute approximate surface area is 238 Å². The van der Waals surface area contributed by atoms with Gasteiger partial charge in [-0.05, 0) is 72.1 Å². The van der Waals surface area contributed by atoms with Crippen molar-refractivity contribution >= 4 is 12.3 Å². The van der Waals surface area contributed by atoms with Crippen molar-refractivity contribution in [3.8, 4) is 16.9 Å². The van der Waals surface area contributed by atoms with Crippen molar-refractivity contribution in [2.75, 3.05) is 13.7 Å². The van der Waals surface area contributed by atoms with Gasteiger partial charge in [0.1, 0.15) is 12.0 Å². The lowest BCUT2D eigenvalue weighted by molar-refractivity contribution is -0.143. The second-order valence-electron chi connectivity index (χ2n) is 8.60. The molecule has 0 aliphatic rings. The lowest BCUT2D eigenvalue weighted by Gasteiger charge is -2.12. The minimum atomic E-state index is -4.92. The molecule has 0 bridgehead atoms. The zero-order chi connectivity index (χ0) is 31.3. The van der Waals surface area contributed by atoms with Crippen molar-refractivity contribution < 1.29 is 45.8 Å². The summed E-state index contributed by atoms with van der Waals surface area (Å²) >= 11 is 0. The van der Waals surface area contributed by atoms with E-state index in [1.807, 2.05) is 60.7 Å². The molecule has 0 atom stereocenters. The Morgan fingerprint density at radius 3 is 1.79 bits per heavy atom. The second kappa shape index (κ2) is 15.4. The summed E-state index contributed by atoms with van der Waals surface area (Å²) in [5.74, 6) is 0.00515. The lowest BCUT2D eigenvalue weighted by Crippen LogP contribution is -2.11. The van der Waals surface area contributed by atoms with E-state index < -0.39 is 35.0 Å². The molecule has 0 heterocycles. The third kappa shape index (κ3) is 10.7. The molecule has 0 aliphatic heterocycles. The van der Waals surface area contributed by atoms with Crippen LogP contribution in [0, 0.1) is 0 Å². The number of alkyl halides is 6. The van der Waals surface area contributed by atoms with E-state index in [1.54, 1.807) is 19.2 Å². The quantitative estimate of drug-likeness (QED) is 0.177. The number of nitrogens with two attached hydrogens (primary N) is 1. The van der Waals surface area contributed by atoms with E-state index in [4.69, 9.17) is 15.6 Å². The fourth-order valence-electron chi connectivity index (χ4n) is 3.48. The van der Waals surface area contributed by atoms with Crippen molar-refractivity contribution in [2.24, 2.45) is 5.73 Å². The standard InChI is InChI=1S/C13H10O2.C9H4F6O.C9H13NO/c14-13(15)12-8-6-11(7-9-12)10-4-2-1-3-5-10;10-8(11,12)6-1-5(4-16)2-7(3-6)9(13,14)15;1-11-9-4-2-3-8(7-9)5-6-10/h1-9H,(H,14,15);1-4H;2-4,7H,5-6,10H2,1H3. The molecule has 42 heavy (non-hydrogen) atoms. The van der Waals surface area contributed by atoms with Crippen molar-refractivity contribution in [3.63, 3.8) is 0 Å². The predicted molar refractivity (Wildman–Crippen MR) is 146 cm³/mol. The topological polar surface area (TPSA) is 89.6 Å². The minimum Gasteiger partial charge on any atom is -0.497 e. The number of aldehydes is 1. The number of hydrogen-bond acceptors (Lipinski definition) is 4. The van der Waals surface area contributed by atoms with E-state index in [0.29, 0.717) is 24.2 Å². The molecule has 11 heteroatoms. The van der Waals surface area contributed by atoms with Gasteiger partial charge in [0.2, 0.25) is 0 Å². The van der Waals surface area contributed by atoms with Gasteiger partial charge in [-0.1, -0.05) is 54.6 Å². The van der Waals surface area contributed by atoms with Gasteiger partial charge >= 0.3 is 18.3 Å². The van der Waals surface area contributed by atoms with Crippen LogP contribution in [0.25, 0.3) is 11.1 Å². The third-order valence-corrected chi connectivity index (χ3v) is 5.55. The van der Waals surface area contributed by atoms with Gasteiger partial charge in [-0.2, -0.15) is 26.3 Å². The highest BCUT2D eigenvalue weighted by molar-refractivity contribution is 5.88. The summed E-state index contributed by atoms with van der Waals surface area (Å²) in [5, 5.41) is 8.75. The molecule has 0 saturated carbocycles. The molecule has 5 nitrogen and oxygen atoms in total. The van der Waals surface area contributed by atoms with Gasteiger partial charge in [0.05, 0.1) is 23.8 Å². The van der Waals surface area contributed by atoms with Gasteiger partial charge < -0.3 is 15.6 Å². The number of aromatic carboxylic acids is 1. The molecule has 0 aromatic heterocycles. The van der Waals surface area contributed by atoms with Crippen molar-refractivity contribution in [1.82, 2.24) is 0 Å². The van der Waals surface area contributed by atoms with Crippen molar-refractivity contribution in [1.29, 1.82) is 0 Å². The van der Waals surface area contributed by atoms with Crippen LogP contribution < -0.4 is 10.5 Å². The highest BCUT2D eigenvalue weighted by Gasteiger charge is 2.36. The summed E-state index contributed by atoms with van der Waals surface area (Å²) in [5.41, 5.74) is 5.42. The number of rotatable bonds is 6. The monoisotopic (exact) mass is 591 g/mol. The predicted octanol–water partition coefficient (Wildman–Crippen LogP) is 7.78. The first kappa shape index (κ1) is 33.6. The Morgan fingerprint density at radius 2 is 1.33 bits per heavy atom. The molecule has 4 aromatic rings. The number of carboxylic acid groups (broad SMARTS) is 1. The normalized spacial score (nSPS) is 10.9. The first-order chi connectivity index (χ1) is 19.8. The number of halogens is 6. The lowest BCUT2D eigenvalue weighted by atomic mass is 10.0. The van der Waals surface area contributed by atoms with Gasteiger partial charge in [0.25, 0.3) is 0 Å². The van der Waals surface area contributed by atoms with Crippen LogP contribution >= 0.6 is 0 Å². The van der Waals surface area contributed by atoms with Gasteiger partial charge in [-0.15, -0.1) is 0 Å². The van der Waals surface area contributed by atoms with Gasteiger partial charge in [0, 0.05) is 5.56 Å². The van der Waals surface area contributed by atoms with Gasteiger partial charge in [-0.25, -0.2) is 4.79 Å². The average Bonchev–Trinajstić information content (AvgIpc) is 2.97. The van der Waals surface area contributed by atoms with Crippen LogP contribution in [0.15, 0.2) is 97.1 Å². The number of carbonyl (C=O) groups excluding carboxylic acids is 1. The molecule has 4 rings (SSSR count). The smallest absolute Gasteiger partial charge is 0.416 e. The zero-order valence-electron chi connectivity index (χ0n) is 22.2. The van der Waals surface area contributed by atoms with Crippen LogP contribution in [0.3, 0.4) is 0 Å². The number of carbonyl (C=O) groups is 2. The number of hydrogen-bond donors (Lipinski definition) is 2. The van der Waals surface area contributed by atoms with Crippen molar-refractivity contribution in [2.45, 2.75) is 18.8 Å². The maximum Gasteiger partial charge on any atom is 0.416 e. The largest absolute Gasteiger partial charge is 0.497 e. The molecule has 3 N–H and O–H groups in total. The van der Waals surface area contributed by atoms with E-state index in [9.17, 15) is 35.9 Å². The molecule has 4 aromatic carbocycles. The molecule has 0 saturated heterocycles. The molecule has 0 amide bonds. The van der Waals surface area contributed by atoms with Crippen molar-refractivity contribution in [3.05, 3.63) is 125 Å². The summed E-state index contributed by atoms with van der Waals surface area (Å²) in [6, 6.07) is 25.4. The average molecular weight is 592 g/mol. The summed E-state index contributed by atoms with van der Waals surface area (Å²) in [7, 11) is 1.67. The van der Waals surface area contributed by atoms with E-state index in [0.717, 1.165) is 23.3 Å². The Balaban J connectivity index is 0.000000224. The maximum absolute atomic E-state index is 12.2. The van der Waals surface area contributed by atoms with Crippen LogP contribution in [-0.4, -0.2) is 31.0 Å². The van der Waals surface area contributed by atoms with E-state index in [-0.39, 0.29) is 12.4 Å². The number of carboxylic acids is 1. The first-order valence-electron chi connectivity index (χ1n) is 12.2. The Hall–Kier alpha value is -4.64. The molecular weight excluding hydrogens is 564 g/mol. The fourth-order valence-corrected chi connectivity index (χ4v) is 3.48. The van der Waals surface area contributed by atoms with Crippen LogP contribution in [0.2, 0.25) is 0 Å². The molecule has 222 valence electrons. The van der Waals surface area contributed by atoms with E-state index in [1.165, 1.54) is 5.56 Å². The molecule has 0 fully saturated rings. The molecule has 0 aliphatic carbocycles. The minimum absolute atomic E-state index is 0.0347. The van der Waals surface area contributed by atoms with Crippen LogP contribution in [0.1, 0.15) is 37.4 Å². The SMILES string of the molecule is COc1cccc(CCN)c1.O=C(O)c1ccc(-c2ccccc2)cc1.O=Cc1cc(C(F)(F)F)cc(C(F)(F)F)c1. The van der Waals surface area contributed by atoms with Gasteiger partial charge in [0.15, 0.2) is 0 Å². The molecule has 0 spiro atoms.